The van der Waals surface area contributed by atoms with Crippen LogP contribution in [0, 0.1) is 10.1 Å². The van der Waals surface area contributed by atoms with Crippen LogP contribution in [-0.2, 0) is 6.42 Å². The Balaban J connectivity index is 2.36. The number of benzene rings is 1. The molecule has 0 aliphatic carbocycles. The number of non-ortho nitro benzene ring substituents is 1. The molecular weight excluding hydrogens is 298 g/mol. The van der Waals surface area contributed by atoms with Gasteiger partial charge < -0.3 is 10.2 Å². The highest BCUT2D eigenvalue weighted by Crippen LogP contribution is 2.34. The predicted molar refractivity (Wildman–Crippen MR) is 77.4 cm³/mol. The molecule has 0 spiro atoms. The van der Waals surface area contributed by atoms with Crippen LogP contribution in [0.4, 0.5) is 11.5 Å². The number of nitrogens with two attached hydrogens (primary N) is 1. The summed E-state index contributed by atoms with van der Waals surface area (Å²) in [6.07, 6.45) is 1.88. The molecule has 0 unspecified atom stereocenters. The molecule has 0 atom stereocenters. The predicted octanol–water partition coefficient (Wildman–Crippen LogP) is 2.68. The van der Waals surface area contributed by atoms with Crippen molar-refractivity contribution in [2.45, 2.75) is 13.3 Å². The van der Waals surface area contributed by atoms with Gasteiger partial charge in [0.25, 0.3) is 5.69 Å². The third-order valence-corrected chi connectivity index (χ3v) is 3.02. The van der Waals surface area contributed by atoms with Crippen LogP contribution in [0.2, 0.25) is 5.02 Å². The highest BCUT2D eigenvalue weighted by molar-refractivity contribution is 6.32. The summed E-state index contributed by atoms with van der Waals surface area (Å²) in [5.74, 6) is 6.37. The van der Waals surface area contributed by atoms with Gasteiger partial charge in [0.05, 0.1) is 15.5 Å². The Hall–Kier alpha value is -2.45. The van der Waals surface area contributed by atoms with Crippen molar-refractivity contribution in [1.82, 2.24) is 9.97 Å². The number of hydrogen-bond donors (Lipinski definition) is 2. The Bertz CT molecular complexity index is 680. The second-order valence-electron chi connectivity index (χ2n) is 3.98. The van der Waals surface area contributed by atoms with Gasteiger partial charge in [-0.2, -0.15) is 0 Å². The second kappa shape index (κ2) is 6.33. The first-order valence-corrected chi connectivity index (χ1v) is 6.36. The highest BCUT2D eigenvalue weighted by Gasteiger charge is 2.15. The number of nitro benzene ring substituents is 1. The summed E-state index contributed by atoms with van der Waals surface area (Å²) in [4.78, 5) is 18.1. The molecule has 1 aromatic heterocycles. The standard InChI is InChI=1S/C12H12ClN5O3/c1-2-8-11(17-14)15-6-16-12(8)21-10-4-3-7(18(19)20)5-9(10)13/h3-6H,2,14H2,1H3,(H,15,16,17). The summed E-state index contributed by atoms with van der Waals surface area (Å²) in [6.45, 7) is 1.89. The quantitative estimate of drug-likeness (QED) is 0.495. The SMILES string of the molecule is CCc1c(NN)ncnc1Oc1ccc([N+](=O)[O-])cc1Cl. The van der Waals surface area contributed by atoms with Gasteiger partial charge in [-0.25, -0.2) is 15.8 Å². The van der Waals surface area contributed by atoms with Crippen molar-refractivity contribution in [3.8, 4) is 11.6 Å². The summed E-state index contributed by atoms with van der Waals surface area (Å²) in [5, 5.41) is 10.8. The van der Waals surface area contributed by atoms with Gasteiger partial charge in [0, 0.05) is 12.1 Å². The molecule has 1 aromatic carbocycles. The van der Waals surface area contributed by atoms with Crippen LogP contribution >= 0.6 is 11.6 Å². The summed E-state index contributed by atoms with van der Waals surface area (Å²) in [5.41, 5.74) is 3.02. The van der Waals surface area contributed by atoms with Gasteiger partial charge in [0.2, 0.25) is 5.88 Å². The first kappa shape index (κ1) is 14.9. The van der Waals surface area contributed by atoms with Gasteiger partial charge in [-0.05, 0) is 12.5 Å². The molecule has 3 N–H and O–H groups in total. The topological polar surface area (TPSA) is 116 Å². The van der Waals surface area contributed by atoms with Crippen LogP contribution < -0.4 is 16.0 Å². The van der Waals surface area contributed by atoms with E-state index in [1.807, 2.05) is 6.92 Å². The maximum Gasteiger partial charge on any atom is 0.271 e. The molecule has 21 heavy (non-hydrogen) atoms. The fourth-order valence-corrected chi connectivity index (χ4v) is 1.93. The minimum absolute atomic E-state index is 0.116. The van der Waals surface area contributed by atoms with Crippen molar-refractivity contribution in [1.29, 1.82) is 0 Å². The zero-order valence-electron chi connectivity index (χ0n) is 11.0. The summed E-state index contributed by atoms with van der Waals surface area (Å²) < 4.78 is 5.61. The van der Waals surface area contributed by atoms with Crippen LogP contribution in [0.3, 0.4) is 0 Å². The monoisotopic (exact) mass is 309 g/mol. The van der Waals surface area contributed by atoms with Crippen molar-refractivity contribution < 1.29 is 9.66 Å². The molecule has 0 amide bonds. The molecule has 110 valence electrons. The fraction of sp³-hybridized carbons (Fsp3) is 0.167. The number of hydrazine groups is 1. The average Bonchev–Trinajstić information content (AvgIpc) is 2.48. The third-order valence-electron chi connectivity index (χ3n) is 2.73. The molecule has 9 heteroatoms. The highest BCUT2D eigenvalue weighted by atomic mass is 35.5. The van der Waals surface area contributed by atoms with E-state index in [4.69, 9.17) is 22.2 Å². The molecule has 0 radical (unpaired) electrons. The van der Waals surface area contributed by atoms with Crippen molar-refractivity contribution in [2.24, 2.45) is 5.84 Å². The maximum atomic E-state index is 10.7. The van der Waals surface area contributed by atoms with Crippen LogP contribution in [-0.4, -0.2) is 14.9 Å². The Kier molecular flexibility index (Phi) is 4.51. The summed E-state index contributed by atoms with van der Waals surface area (Å²) in [6, 6.07) is 3.93. The Morgan fingerprint density at radius 3 is 2.81 bits per heavy atom. The van der Waals surface area contributed by atoms with E-state index >= 15 is 0 Å². The molecule has 0 bridgehead atoms. The first-order chi connectivity index (χ1) is 10.1. The Morgan fingerprint density at radius 2 is 2.24 bits per heavy atom. The second-order valence-corrected chi connectivity index (χ2v) is 4.38. The molecule has 0 aliphatic heterocycles. The molecule has 2 rings (SSSR count). The van der Waals surface area contributed by atoms with Crippen molar-refractivity contribution in [3.05, 3.63) is 45.2 Å². The minimum atomic E-state index is -0.533. The molecule has 0 saturated carbocycles. The molecule has 1 heterocycles. The number of halogens is 1. The van der Waals surface area contributed by atoms with E-state index in [1.54, 1.807) is 0 Å². The number of rotatable bonds is 5. The van der Waals surface area contributed by atoms with Gasteiger partial charge in [-0.3, -0.25) is 10.1 Å². The molecule has 2 aromatic rings. The van der Waals surface area contributed by atoms with E-state index in [2.05, 4.69) is 15.4 Å². The Labute approximate surface area is 125 Å². The zero-order chi connectivity index (χ0) is 15.4. The van der Waals surface area contributed by atoms with E-state index in [0.717, 1.165) is 0 Å². The normalized spacial score (nSPS) is 10.2. The largest absolute Gasteiger partial charge is 0.437 e. The van der Waals surface area contributed by atoms with Gasteiger partial charge in [-0.15, -0.1) is 0 Å². The Morgan fingerprint density at radius 1 is 1.48 bits per heavy atom. The molecule has 0 fully saturated rings. The van der Waals surface area contributed by atoms with Gasteiger partial charge in [0.15, 0.2) is 0 Å². The van der Waals surface area contributed by atoms with Crippen LogP contribution in [0.15, 0.2) is 24.5 Å². The van der Waals surface area contributed by atoms with Crippen molar-refractivity contribution in [3.63, 3.8) is 0 Å². The van der Waals surface area contributed by atoms with Crippen LogP contribution in [0.1, 0.15) is 12.5 Å². The fourth-order valence-electron chi connectivity index (χ4n) is 1.72. The number of hydrogen-bond acceptors (Lipinski definition) is 7. The van der Waals surface area contributed by atoms with Crippen molar-refractivity contribution >= 4 is 23.1 Å². The van der Waals surface area contributed by atoms with Crippen molar-refractivity contribution in [2.75, 3.05) is 5.43 Å². The van der Waals surface area contributed by atoms with E-state index in [-0.39, 0.29) is 22.3 Å². The van der Waals surface area contributed by atoms with E-state index in [1.165, 1.54) is 24.5 Å². The van der Waals surface area contributed by atoms with Crippen LogP contribution in [0.25, 0.3) is 0 Å². The molecule has 0 saturated heterocycles. The lowest BCUT2D eigenvalue weighted by Gasteiger charge is -2.12. The maximum absolute atomic E-state index is 10.7. The number of nitrogens with one attached hydrogen (secondary N) is 1. The van der Waals surface area contributed by atoms with Gasteiger partial charge >= 0.3 is 0 Å². The molecule has 8 nitrogen and oxygen atoms in total. The lowest BCUT2D eigenvalue weighted by Crippen LogP contribution is -2.12. The van der Waals surface area contributed by atoms with E-state index in [9.17, 15) is 10.1 Å². The number of ether oxygens (including phenoxy) is 1. The number of nitrogens with zero attached hydrogens (tertiary/aromatic N) is 3. The number of anilines is 1. The van der Waals surface area contributed by atoms with E-state index < -0.39 is 4.92 Å². The number of nitrogen functional groups attached to an aromatic ring is 1. The first-order valence-electron chi connectivity index (χ1n) is 5.99. The molecular formula is C12H12ClN5O3. The van der Waals surface area contributed by atoms with Gasteiger partial charge in [0.1, 0.15) is 17.9 Å². The van der Waals surface area contributed by atoms with Crippen LogP contribution in [0.5, 0.6) is 11.6 Å². The average molecular weight is 310 g/mol. The summed E-state index contributed by atoms with van der Waals surface area (Å²) >= 11 is 5.98. The number of aromatic nitrogens is 2. The minimum Gasteiger partial charge on any atom is -0.437 e. The van der Waals surface area contributed by atoms with Gasteiger partial charge in [-0.1, -0.05) is 18.5 Å². The zero-order valence-corrected chi connectivity index (χ0v) is 11.8. The number of nitro groups is 1. The molecule has 0 aliphatic rings. The lowest BCUT2D eigenvalue weighted by molar-refractivity contribution is -0.384. The smallest absolute Gasteiger partial charge is 0.271 e. The third kappa shape index (κ3) is 3.18. The summed E-state index contributed by atoms with van der Waals surface area (Å²) in [7, 11) is 0. The van der Waals surface area contributed by atoms with E-state index in [0.29, 0.717) is 17.8 Å². The lowest BCUT2D eigenvalue weighted by atomic mass is 10.2.